The third kappa shape index (κ3) is 7.83. The minimum atomic E-state index is -0.224. The molecule has 0 spiro atoms. The molecule has 0 fully saturated rings. The summed E-state index contributed by atoms with van der Waals surface area (Å²) >= 11 is 0. The second-order valence-electron chi connectivity index (χ2n) is 6.80. The van der Waals surface area contributed by atoms with Gasteiger partial charge in [0.2, 0.25) is 0 Å². The van der Waals surface area contributed by atoms with Gasteiger partial charge >= 0.3 is 5.97 Å². The molecule has 0 bridgehead atoms. The van der Waals surface area contributed by atoms with Crippen LogP contribution in [0.1, 0.15) is 43.7 Å². The maximum Gasteiger partial charge on any atom is 0.306 e. The summed E-state index contributed by atoms with van der Waals surface area (Å²) in [6, 6.07) is 8.38. The van der Waals surface area contributed by atoms with Crippen LogP contribution >= 0.6 is 0 Å². The zero-order valence-electron chi connectivity index (χ0n) is 16.8. The first kappa shape index (κ1) is 21.5. The van der Waals surface area contributed by atoms with Gasteiger partial charge in [0.25, 0.3) is 0 Å². The molecule has 0 amide bonds. The number of hydrogen-bond donors (Lipinski definition) is 0. The number of ether oxygens (including phenoxy) is 2. The number of allylic oxidation sites excluding steroid dienone is 5. The third-order valence-corrected chi connectivity index (χ3v) is 4.32. The van der Waals surface area contributed by atoms with Gasteiger partial charge < -0.3 is 9.47 Å². The molecule has 1 aliphatic carbocycles. The Morgan fingerprint density at radius 3 is 2.57 bits per heavy atom. The van der Waals surface area contributed by atoms with Crippen LogP contribution in [0.3, 0.4) is 0 Å². The van der Waals surface area contributed by atoms with Crippen molar-refractivity contribution in [1.29, 1.82) is 0 Å². The lowest BCUT2D eigenvalue weighted by atomic mass is 9.98. The van der Waals surface area contributed by atoms with Crippen LogP contribution in [0.2, 0.25) is 0 Å². The van der Waals surface area contributed by atoms with E-state index in [9.17, 15) is 4.79 Å². The predicted octanol–water partition coefficient (Wildman–Crippen LogP) is 5.95. The number of carbonyl (C=O) groups is 1. The minimum absolute atomic E-state index is 0.176. The van der Waals surface area contributed by atoms with Crippen LogP contribution in [0.25, 0.3) is 5.57 Å². The largest absolute Gasteiger partial charge is 0.494 e. The van der Waals surface area contributed by atoms with E-state index in [1.54, 1.807) is 12.2 Å². The van der Waals surface area contributed by atoms with Crippen LogP contribution in [-0.2, 0) is 20.7 Å². The first-order valence-corrected chi connectivity index (χ1v) is 9.87. The number of benzene rings is 1. The molecule has 3 nitrogen and oxygen atoms in total. The second-order valence-corrected chi connectivity index (χ2v) is 6.80. The highest BCUT2D eigenvalue weighted by Gasteiger charge is 2.06. The highest BCUT2D eigenvalue weighted by molar-refractivity contribution is 5.75. The Hall–Kier alpha value is -2.81. The van der Waals surface area contributed by atoms with Crippen molar-refractivity contribution in [3.8, 4) is 0 Å². The van der Waals surface area contributed by atoms with Crippen molar-refractivity contribution in [2.24, 2.45) is 0 Å². The molecule has 3 heteroatoms. The topological polar surface area (TPSA) is 35.5 Å². The van der Waals surface area contributed by atoms with E-state index in [4.69, 9.17) is 9.47 Å². The van der Waals surface area contributed by atoms with Gasteiger partial charge in [-0.15, -0.1) is 0 Å². The molecule has 2 rings (SSSR count). The summed E-state index contributed by atoms with van der Waals surface area (Å²) in [5.41, 5.74) is 4.32. The Balaban J connectivity index is 1.70. The number of esters is 1. The van der Waals surface area contributed by atoms with E-state index in [1.807, 2.05) is 6.92 Å². The molecular formula is C25H30O3. The van der Waals surface area contributed by atoms with Gasteiger partial charge in [0, 0.05) is 6.42 Å². The number of carbonyl (C=O) groups excluding carboxylic acids is 1. The molecule has 148 valence electrons. The lowest BCUT2D eigenvalue weighted by Crippen LogP contribution is -2.07. The van der Waals surface area contributed by atoms with Gasteiger partial charge in [0.15, 0.2) is 0 Å². The average molecular weight is 379 g/mol. The fraction of sp³-hybridized carbons (Fsp3) is 0.320. The van der Waals surface area contributed by atoms with E-state index in [1.165, 1.54) is 11.1 Å². The van der Waals surface area contributed by atoms with Crippen molar-refractivity contribution in [2.45, 2.75) is 39.0 Å². The molecule has 0 heterocycles. The fourth-order valence-electron chi connectivity index (χ4n) is 2.72. The molecule has 0 aliphatic heterocycles. The van der Waals surface area contributed by atoms with Crippen molar-refractivity contribution in [1.82, 2.24) is 0 Å². The first-order valence-electron chi connectivity index (χ1n) is 9.87. The van der Waals surface area contributed by atoms with Gasteiger partial charge in [-0.1, -0.05) is 68.7 Å². The summed E-state index contributed by atoms with van der Waals surface area (Å²) in [7, 11) is 0. The summed E-state index contributed by atoms with van der Waals surface area (Å²) in [5.74, 6) is 0.356. The highest BCUT2D eigenvalue weighted by atomic mass is 16.5. The van der Waals surface area contributed by atoms with Crippen LogP contribution in [-0.4, -0.2) is 19.2 Å². The van der Waals surface area contributed by atoms with E-state index in [0.717, 1.165) is 24.8 Å². The molecule has 1 aromatic carbocycles. The van der Waals surface area contributed by atoms with Crippen molar-refractivity contribution >= 4 is 11.5 Å². The van der Waals surface area contributed by atoms with E-state index in [2.05, 4.69) is 55.7 Å². The van der Waals surface area contributed by atoms with Crippen molar-refractivity contribution in [2.75, 3.05) is 13.2 Å². The van der Waals surface area contributed by atoms with Crippen molar-refractivity contribution in [3.05, 3.63) is 90.3 Å². The second kappa shape index (κ2) is 11.8. The lowest BCUT2D eigenvalue weighted by molar-refractivity contribution is -0.142. The minimum Gasteiger partial charge on any atom is -0.494 e. The zero-order chi connectivity index (χ0) is 20.2. The lowest BCUT2D eigenvalue weighted by Gasteiger charge is -2.09. The Morgan fingerprint density at radius 1 is 1.11 bits per heavy atom. The molecule has 1 aliphatic rings. The van der Waals surface area contributed by atoms with Crippen LogP contribution in [0, 0.1) is 0 Å². The maximum absolute atomic E-state index is 12.0. The van der Waals surface area contributed by atoms with Gasteiger partial charge in [0.1, 0.15) is 12.4 Å². The Kier molecular flexibility index (Phi) is 9.06. The Bertz CT molecular complexity index is 763. The van der Waals surface area contributed by atoms with E-state index < -0.39 is 0 Å². The fourth-order valence-corrected chi connectivity index (χ4v) is 2.72. The zero-order valence-corrected chi connectivity index (χ0v) is 16.8. The highest BCUT2D eigenvalue weighted by Crippen LogP contribution is 2.21. The summed E-state index contributed by atoms with van der Waals surface area (Å²) < 4.78 is 10.6. The summed E-state index contributed by atoms with van der Waals surface area (Å²) in [6.45, 7) is 10.5. The molecule has 0 unspecified atom stereocenters. The van der Waals surface area contributed by atoms with Gasteiger partial charge in [-0.2, -0.15) is 0 Å². The normalized spacial score (nSPS) is 13.2. The average Bonchev–Trinajstić information content (AvgIpc) is 2.74. The molecule has 0 saturated carbocycles. The van der Waals surface area contributed by atoms with Gasteiger partial charge in [-0.25, -0.2) is 0 Å². The molecule has 1 aromatic rings. The number of rotatable bonds is 11. The smallest absolute Gasteiger partial charge is 0.306 e. The van der Waals surface area contributed by atoms with Gasteiger partial charge in [-0.05, 0) is 54.0 Å². The molecule has 0 N–H and O–H groups in total. The predicted molar refractivity (Wildman–Crippen MR) is 116 cm³/mol. The van der Waals surface area contributed by atoms with Crippen LogP contribution in [0.4, 0.5) is 0 Å². The SMILES string of the molecule is C=C(/C=C\C(=C)OCCC)COC(=O)CCc1ccc(C2=CCCC=C2)cc1. The van der Waals surface area contributed by atoms with E-state index >= 15 is 0 Å². The van der Waals surface area contributed by atoms with Crippen molar-refractivity contribution in [3.63, 3.8) is 0 Å². The van der Waals surface area contributed by atoms with E-state index in [-0.39, 0.29) is 12.6 Å². The molecule has 0 saturated heterocycles. The molecule has 0 aromatic heterocycles. The van der Waals surface area contributed by atoms with Gasteiger partial charge in [0.05, 0.1) is 6.61 Å². The summed E-state index contributed by atoms with van der Waals surface area (Å²) in [5, 5.41) is 0. The number of aryl methyl sites for hydroxylation is 1. The standard InChI is InChI=1S/C25H30O3/c1-4-18-27-21(3)11-10-20(2)19-28-25(26)17-14-22-12-15-24(16-13-22)23-8-6-5-7-9-23/h6,8-13,15-16H,2-5,7,14,17-19H2,1H3/b11-10-. The van der Waals surface area contributed by atoms with Crippen LogP contribution in [0.15, 0.2) is 79.1 Å². The first-order chi connectivity index (χ1) is 13.6. The Morgan fingerprint density at radius 2 is 1.89 bits per heavy atom. The van der Waals surface area contributed by atoms with Crippen LogP contribution < -0.4 is 0 Å². The molecular weight excluding hydrogens is 348 g/mol. The molecule has 0 radical (unpaired) electrons. The van der Waals surface area contributed by atoms with Crippen molar-refractivity contribution < 1.29 is 14.3 Å². The molecule has 28 heavy (non-hydrogen) atoms. The van der Waals surface area contributed by atoms with Crippen LogP contribution in [0.5, 0.6) is 0 Å². The maximum atomic E-state index is 12.0. The third-order valence-electron chi connectivity index (χ3n) is 4.32. The van der Waals surface area contributed by atoms with Gasteiger partial charge in [-0.3, -0.25) is 4.79 Å². The number of hydrogen-bond acceptors (Lipinski definition) is 3. The summed E-state index contributed by atoms with van der Waals surface area (Å²) in [6.07, 6.45) is 14.3. The monoisotopic (exact) mass is 378 g/mol. The summed E-state index contributed by atoms with van der Waals surface area (Å²) in [4.78, 5) is 12.0. The molecule has 0 atom stereocenters. The van der Waals surface area contributed by atoms with E-state index in [0.29, 0.717) is 30.8 Å². The quantitative estimate of drug-likeness (QED) is 0.271. The Labute approximate surface area is 168 Å².